The molecule has 3 aromatic rings. The summed E-state index contributed by atoms with van der Waals surface area (Å²) >= 11 is 11.9. The van der Waals surface area contributed by atoms with Gasteiger partial charge in [-0.3, -0.25) is 0 Å². The summed E-state index contributed by atoms with van der Waals surface area (Å²) in [7, 11) is -3.69. The van der Waals surface area contributed by atoms with E-state index in [4.69, 9.17) is 27.7 Å². The SMILES string of the molecule is O=S(=O)(c1ccc(Cl)cc1)N1CCC[C@H]1c1nc(-c2cccc(Cl)c2)no1. The van der Waals surface area contributed by atoms with Crippen molar-refractivity contribution in [2.75, 3.05) is 6.54 Å². The Morgan fingerprint density at radius 3 is 2.59 bits per heavy atom. The topological polar surface area (TPSA) is 76.3 Å². The fourth-order valence-electron chi connectivity index (χ4n) is 3.13. The van der Waals surface area contributed by atoms with Crippen molar-refractivity contribution in [3.8, 4) is 11.4 Å². The summed E-state index contributed by atoms with van der Waals surface area (Å²) in [6.45, 7) is 0.393. The van der Waals surface area contributed by atoms with Crippen LogP contribution in [0.1, 0.15) is 24.8 Å². The van der Waals surface area contributed by atoms with Gasteiger partial charge >= 0.3 is 0 Å². The van der Waals surface area contributed by atoms with Gasteiger partial charge in [-0.25, -0.2) is 8.42 Å². The van der Waals surface area contributed by atoms with Crippen LogP contribution in [0, 0.1) is 0 Å². The Balaban J connectivity index is 1.65. The fourth-order valence-corrected chi connectivity index (χ4v) is 5.10. The van der Waals surface area contributed by atoms with Crippen molar-refractivity contribution in [2.24, 2.45) is 0 Å². The predicted molar refractivity (Wildman–Crippen MR) is 102 cm³/mol. The van der Waals surface area contributed by atoms with Gasteiger partial charge in [0.15, 0.2) is 0 Å². The highest BCUT2D eigenvalue weighted by atomic mass is 35.5. The molecule has 0 saturated carbocycles. The first-order valence-electron chi connectivity index (χ1n) is 8.32. The zero-order valence-electron chi connectivity index (χ0n) is 14.0. The molecule has 4 rings (SSSR count). The fraction of sp³-hybridized carbons (Fsp3) is 0.222. The molecule has 0 radical (unpaired) electrons. The summed E-state index contributed by atoms with van der Waals surface area (Å²) in [5, 5.41) is 5.03. The molecule has 9 heteroatoms. The average Bonchev–Trinajstić information content (AvgIpc) is 3.32. The number of sulfonamides is 1. The number of aromatic nitrogens is 2. The van der Waals surface area contributed by atoms with Crippen LogP contribution in [0.25, 0.3) is 11.4 Å². The van der Waals surface area contributed by atoms with Crippen molar-refractivity contribution < 1.29 is 12.9 Å². The molecule has 0 bridgehead atoms. The lowest BCUT2D eigenvalue weighted by Gasteiger charge is -2.21. The largest absolute Gasteiger partial charge is 0.337 e. The number of halogens is 2. The van der Waals surface area contributed by atoms with Gasteiger partial charge in [-0.2, -0.15) is 9.29 Å². The third-order valence-corrected chi connectivity index (χ3v) is 6.84. The van der Waals surface area contributed by atoms with Gasteiger partial charge in [0.1, 0.15) is 6.04 Å². The molecular weight excluding hydrogens is 409 g/mol. The van der Waals surface area contributed by atoms with Crippen LogP contribution in [-0.4, -0.2) is 29.4 Å². The van der Waals surface area contributed by atoms with E-state index in [0.29, 0.717) is 40.8 Å². The highest BCUT2D eigenvalue weighted by Gasteiger charge is 2.39. The summed E-state index contributed by atoms with van der Waals surface area (Å²) < 4.78 is 32.9. The van der Waals surface area contributed by atoms with Crippen molar-refractivity contribution in [1.29, 1.82) is 0 Å². The van der Waals surface area contributed by atoms with Crippen molar-refractivity contribution >= 4 is 33.2 Å². The molecule has 1 aromatic heterocycles. The van der Waals surface area contributed by atoms with Gasteiger partial charge in [-0.05, 0) is 49.2 Å². The second kappa shape index (κ2) is 7.24. The van der Waals surface area contributed by atoms with Gasteiger partial charge in [-0.15, -0.1) is 0 Å². The standard InChI is InChI=1S/C18H15Cl2N3O3S/c19-13-6-8-15(9-7-13)27(24,25)23-10-2-5-16(23)18-21-17(22-26-18)12-3-1-4-14(20)11-12/h1,3-4,6-9,11,16H,2,5,10H2/t16-/m0/s1. The minimum absolute atomic E-state index is 0.188. The van der Waals surface area contributed by atoms with Gasteiger partial charge in [0.05, 0.1) is 4.90 Å². The van der Waals surface area contributed by atoms with Crippen LogP contribution in [-0.2, 0) is 10.0 Å². The molecule has 1 aliphatic rings. The van der Waals surface area contributed by atoms with Crippen molar-refractivity contribution in [3.63, 3.8) is 0 Å². The van der Waals surface area contributed by atoms with Crippen LogP contribution in [0.2, 0.25) is 10.0 Å². The predicted octanol–water partition coefficient (Wildman–Crippen LogP) is 4.57. The maximum absolute atomic E-state index is 13.0. The van der Waals surface area contributed by atoms with Crippen molar-refractivity contribution in [2.45, 2.75) is 23.8 Å². The zero-order valence-corrected chi connectivity index (χ0v) is 16.4. The highest BCUT2D eigenvalue weighted by molar-refractivity contribution is 7.89. The Kier molecular flexibility index (Phi) is 4.94. The molecule has 2 heterocycles. The lowest BCUT2D eigenvalue weighted by atomic mass is 10.2. The number of benzene rings is 2. The molecule has 0 amide bonds. The van der Waals surface area contributed by atoms with E-state index in [1.165, 1.54) is 16.4 Å². The Hall–Kier alpha value is -1.93. The molecule has 0 spiro atoms. The number of rotatable bonds is 4. The molecule has 6 nitrogen and oxygen atoms in total. The normalized spacial score (nSPS) is 18.1. The molecule has 0 aliphatic carbocycles. The number of nitrogens with zero attached hydrogens (tertiary/aromatic N) is 3. The van der Waals surface area contributed by atoms with Crippen LogP contribution in [0.3, 0.4) is 0 Å². The molecular formula is C18H15Cl2N3O3S. The molecule has 1 aliphatic heterocycles. The molecule has 1 saturated heterocycles. The number of hydrogen-bond acceptors (Lipinski definition) is 5. The molecule has 1 atom stereocenters. The van der Waals surface area contributed by atoms with Gasteiger partial charge < -0.3 is 4.52 Å². The summed E-state index contributed by atoms with van der Waals surface area (Å²) in [5.74, 6) is 0.656. The Morgan fingerprint density at radius 1 is 1.07 bits per heavy atom. The van der Waals surface area contributed by atoms with E-state index in [1.54, 1.807) is 30.3 Å². The second-order valence-electron chi connectivity index (χ2n) is 6.19. The van der Waals surface area contributed by atoms with E-state index in [1.807, 2.05) is 6.07 Å². The molecule has 140 valence electrons. The minimum Gasteiger partial charge on any atom is -0.337 e. The zero-order chi connectivity index (χ0) is 19.0. The average molecular weight is 424 g/mol. The summed E-state index contributed by atoms with van der Waals surface area (Å²) in [4.78, 5) is 4.60. The van der Waals surface area contributed by atoms with Crippen molar-refractivity contribution in [3.05, 3.63) is 64.5 Å². The monoisotopic (exact) mass is 423 g/mol. The van der Waals surface area contributed by atoms with Crippen molar-refractivity contribution in [1.82, 2.24) is 14.4 Å². The maximum atomic E-state index is 13.0. The molecule has 0 unspecified atom stereocenters. The third kappa shape index (κ3) is 3.60. The summed E-state index contributed by atoms with van der Waals surface area (Å²) in [5.41, 5.74) is 0.711. The van der Waals surface area contributed by atoms with E-state index in [0.717, 1.165) is 0 Å². The van der Waals surface area contributed by atoms with Gasteiger partial charge in [0, 0.05) is 22.2 Å². The van der Waals surface area contributed by atoms with Crippen LogP contribution >= 0.6 is 23.2 Å². The van der Waals surface area contributed by atoms with Crippen LogP contribution in [0.4, 0.5) is 0 Å². The Morgan fingerprint density at radius 2 is 1.85 bits per heavy atom. The number of hydrogen-bond donors (Lipinski definition) is 0. The van der Waals surface area contributed by atoms with E-state index in [9.17, 15) is 8.42 Å². The van der Waals surface area contributed by atoms with E-state index < -0.39 is 16.1 Å². The highest BCUT2D eigenvalue weighted by Crippen LogP contribution is 2.36. The summed E-state index contributed by atoms with van der Waals surface area (Å²) in [6.07, 6.45) is 1.33. The molecule has 2 aromatic carbocycles. The first kappa shape index (κ1) is 18.4. The maximum Gasteiger partial charge on any atom is 0.245 e. The first-order valence-corrected chi connectivity index (χ1v) is 10.5. The van der Waals surface area contributed by atoms with Crippen LogP contribution < -0.4 is 0 Å². The van der Waals surface area contributed by atoms with Gasteiger partial charge in [-0.1, -0.05) is 40.5 Å². The first-order chi connectivity index (χ1) is 12.9. The minimum atomic E-state index is -3.69. The van der Waals surface area contributed by atoms with E-state index in [2.05, 4.69) is 10.1 Å². The second-order valence-corrected chi connectivity index (χ2v) is 8.96. The van der Waals surface area contributed by atoms with Crippen LogP contribution in [0.15, 0.2) is 57.9 Å². The smallest absolute Gasteiger partial charge is 0.245 e. The van der Waals surface area contributed by atoms with E-state index >= 15 is 0 Å². The molecule has 27 heavy (non-hydrogen) atoms. The summed E-state index contributed by atoms with van der Waals surface area (Å²) in [6, 6.07) is 12.7. The lowest BCUT2D eigenvalue weighted by molar-refractivity contribution is 0.290. The Labute approximate surface area is 166 Å². The van der Waals surface area contributed by atoms with Gasteiger partial charge in [0.2, 0.25) is 21.7 Å². The Bertz CT molecular complexity index is 1070. The third-order valence-electron chi connectivity index (χ3n) is 4.43. The van der Waals surface area contributed by atoms with E-state index in [-0.39, 0.29) is 10.8 Å². The van der Waals surface area contributed by atoms with Gasteiger partial charge in [0.25, 0.3) is 0 Å². The molecule has 1 fully saturated rings. The molecule has 0 N–H and O–H groups in total. The lowest BCUT2D eigenvalue weighted by Crippen LogP contribution is -2.30. The quantitative estimate of drug-likeness (QED) is 0.613. The van der Waals surface area contributed by atoms with Crippen LogP contribution in [0.5, 0.6) is 0 Å².